The van der Waals surface area contributed by atoms with Gasteiger partial charge in [-0.05, 0) is 17.7 Å². The first kappa shape index (κ1) is 17.3. The summed E-state index contributed by atoms with van der Waals surface area (Å²) >= 11 is 9.25. The van der Waals surface area contributed by atoms with E-state index in [9.17, 15) is 0 Å². The molecule has 7 heteroatoms. The number of nitrogens with zero attached hydrogens (tertiary/aromatic N) is 3. The second-order valence-electron chi connectivity index (χ2n) is 5.57. The summed E-state index contributed by atoms with van der Waals surface area (Å²) < 4.78 is 6.38. The minimum atomic E-state index is 0.540. The summed E-state index contributed by atoms with van der Waals surface area (Å²) in [5.41, 5.74) is 3.11. The molecule has 2 aromatic heterocycles. The third-order valence-electron chi connectivity index (χ3n) is 3.64. The van der Waals surface area contributed by atoms with Crippen LogP contribution in [0.5, 0.6) is 0 Å². The van der Waals surface area contributed by atoms with E-state index in [0.29, 0.717) is 18.1 Å². The van der Waals surface area contributed by atoms with E-state index in [-0.39, 0.29) is 0 Å². The molecule has 0 saturated heterocycles. The first-order chi connectivity index (χ1) is 12.8. The van der Waals surface area contributed by atoms with E-state index in [2.05, 4.69) is 15.1 Å². The molecule has 0 bridgehead atoms. The van der Waals surface area contributed by atoms with Gasteiger partial charge < -0.3 is 4.52 Å². The average molecular weight is 400 g/mol. The quantitative estimate of drug-likeness (QED) is 0.387. The van der Waals surface area contributed by atoms with Gasteiger partial charge in [-0.1, -0.05) is 71.0 Å². The van der Waals surface area contributed by atoms with E-state index < -0.39 is 0 Å². The van der Waals surface area contributed by atoms with Gasteiger partial charge in [-0.2, -0.15) is 4.98 Å². The maximum Gasteiger partial charge on any atom is 0.233 e. The molecular weight excluding hydrogens is 386 g/mol. The Hall–Kier alpha value is -2.15. The van der Waals surface area contributed by atoms with Crippen LogP contribution in [0.3, 0.4) is 0 Å². The van der Waals surface area contributed by atoms with Crippen LogP contribution >= 0.6 is 34.7 Å². The first-order valence-electron chi connectivity index (χ1n) is 7.96. The van der Waals surface area contributed by atoms with Gasteiger partial charge in [0.25, 0.3) is 0 Å². The highest BCUT2D eigenvalue weighted by Crippen LogP contribution is 2.27. The van der Waals surface area contributed by atoms with Gasteiger partial charge in [0.15, 0.2) is 0 Å². The Morgan fingerprint density at radius 1 is 1.00 bits per heavy atom. The largest absolute Gasteiger partial charge is 0.339 e. The summed E-state index contributed by atoms with van der Waals surface area (Å²) in [5.74, 6) is 2.04. The number of aromatic nitrogens is 3. The van der Waals surface area contributed by atoms with Crippen molar-refractivity contribution < 1.29 is 4.52 Å². The van der Waals surface area contributed by atoms with Crippen molar-refractivity contribution in [1.29, 1.82) is 0 Å². The number of halogens is 1. The third kappa shape index (κ3) is 4.33. The Balaban J connectivity index is 1.38. The van der Waals surface area contributed by atoms with E-state index in [0.717, 1.165) is 26.4 Å². The fourth-order valence-electron chi connectivity index (χ4n) is 2.35. The molecule has 0 saturated carbocycles. The van der Waals surface area contributed by atoms with Crippen LogP contribution in [0.2, 0.25) is 5.02 Å². The SMILES string of the molecule is Clc1ccc(CSc2nc(Cc3nc(-c4ccccc4)no3)cs2)cc1. The lowest BCUT2D eigenvalue weighted by Gasteiger charge is -1.98. The van der Waals surface area contributed by atoms with Crippen LogP contribution < -0.4 is 0 Å². The molecule has 0 atom stereocenters. The van der Waals surface area contributed by atoms with Crippen LogP contribution in [0.1, 0.15) is 17.1 Å². The number of benzene rings is 2. The van der Waals surface area contributed by atoms with Gasteiger partial charge >= 0.3 is 0 Å². The molecule has 26 heavy (non-hydrogen) atoms. The summed E-state index contributed by atoms with van der Waals surface area (Å²) in [7, 11) is 0. The predicted octanol–water partition coefficient (Wildman–Crippen LogP) is 5.73. The number of thiazole rings is 1. The highest BCUT2D eigenvalue weighted by molar-refractivity contribution is 8.00. The van der Waals surface area contributed by atoms with Crippen molar-refractivity contribution in [2.24, 2.45) is 0 Å². The zero-order valence-electron chi connectivity index (χ0n) is 13.6. The Morgan fingerprint density at radius 2 is 1.81 bits per heavy atom. The minimum absolute atomic E-state index is 0.540. The van der Waals surface area contributed by atoms with Gasteiger partial charge in [0, 0.05) is 21.7 Å². The molecule has 0 unspecified atom stereocenters. The number of rotatable bonds is 6. The predicted molar refractivity (Wildman–Crippen MR) is 106 cm³/mol. The van der Waals surface area contributed by atoms with Crippen molar-refractivity contribution in [2.45, 2.75) is 16.5 Å². The molecule has 130 valence electrons. The monoisotopic (exact) mass is 399 g/mol. The lowest BCUT2D eigenvalue weighted by Crippen LogP contribution is -1.89. The van der Waals surface area contributed by atoms with Gasteiger partial charge in [0.1, 0.15) is 4.34 Å². The summed E-state index contributed by atoms with van der Waals surface area (Å²) in [6.45, 7) is 0. The van der Waals surface area contributed by atoms with Crippen LogP contribution in [0.25, 0.3) is 11.4 Å². The number of hydrogen-bond donors (Lipinski definition) is 0. The molecule has 2 heterocycles. The Labute approximate surface area is 164 Å². The maximum atomic E-state index is 5.91. The standard InChI is InChI=1S/C19H14ClN3OS2/c20-15-8-6-13(7-9-15)11-25-19-21-16(12-26-19)10-17-22-18(23-24-17)14-4-2-1-3-5-14/h1-9,12H,10-11H2. The Morgan fingerprint density at radius 3 is 2.62 bits per heavy atom. The number of hydrogen-bond acceptors (Lipinski definition) is 6. The molecule has 4 rings (SSSR count). The van der Waals surface area contributed by atoms with Gasteiger partial charge in [-0.3, -0.25) is 0 Å². The summed E-state index contributed by atoms with van der Waals surface area (Å²) in [6.07, 6.45) is 0.540. The molecule has 0 amide bonds. The van der Waals surface area contributed by atoms with E-state index in [1.54, 1.807) is 23.1 Å². The Kier molecular flexibility index (Phi) is 5.34. The second kappa shape index (κ2) is 8.03. The molecule has 0 fully saturated rings. The average Bonchev–Trinajstić information content (AvgIpc) is 3.32. The van der Waals surface area contributed by atoms with Gasteiger partial charge in [0.05, 0.1) is 12.1 Å². The van der Waals surface area contributed by atoms with E-state index in [1.807, 2.05) is 60.0 Å². The maximum absolute atomic E-state index is 5.91. The topological polar surface area (TPSA) is 51.8 Å². The smallest absolute Gasteiger partial charge is 0.233 e. The zero-order valence-corrected chi connectivity index (χ0v) is 16.0. The van der Waals surface area contributed by atoms with Crippen molar-refractivity contribution in [3.63, 3.8) is 0 Å². The molecule has 4 nitrogen and oxygen atoms in total. The fraction of sp³-hybridized carbons (Fsp3) is 0.105. The van der Waals surface area contributed by atoms with Crippen LogP contribution in [-0.2, 0) is 12.2 Å². The molecular formula is C19H14ClN3OS2. The van der Waals surface area contributed by atoms with Crippen molar-refractivity contribution in [3.05, 3.63) is 82.1 Å². The summed E-state index contributed by atoms with van der Waals surface area (Å²) in [4.78, 5) is 9.10. The van der Waals surface area contributed by atoms with Gasteiger partial charge in [-0.25, -0.2) is 4.98 Å². The van der Waals surface area contributed by atoms with Crippen LogP contribution in [0.4, 0.5) is 0 Å². The van der Waals surface area contributed by atoms with Crippen molar-refractivity contribution in [3.8, 4) is 11.4 Å². The second-order valence-corrected chi connectivity index (χ2v) is 8.09. The molecule has 0 aliphatic carbocycles. The molecule has 0 aliphatic rings. The summed E-state index contributed by atoms with van der Waals surface area (Å²) in [5, 5.41) is 6.84. The number of thioether (sulfide) groups is 1. The summed E-state index contributed by atoms with van der Waals surface area (Å²) in [6, 6.07) is 17.7. The van der Waals surface area contributed by atoms with E-state index in [4.69, 9.17) is 16.1 Å². The highest BCUT2D eigenvalue weighted by Gasteiger charge is 2.11. The third-order valence-corrected chi connectivity index (χ3v) is 6.03. The van der Waals surface area contributed by atoms with Crippen molar-refractivity contribution >= 4 is 34.7 Å². The van der Waals surface area contributed by atoms with E-state index in [1.165, 1.54) is 5.56 Å². The van der Waals surface area contributed by atoms with E-state index >= 15 is 0 Å². The minimum Gasteiger partial charge on any atom is -0.339 e. The van der Waals surface area contributed by atoms with Crippen molar-refractivity contribution in [1.82, 2.24) is 15.1 Å². The molecule has 0 radical (unpaired) electrons. The molecule has 0 aliphatic heterocycles. The zero-order chi connectivity index (χ0) is 17.8. The van der Waals surface area contributed by atoms with Gasteiger partial charge in [0.2, 0.25) is 11.7 Å². The van der Waals surface area contributed by atoms with Crippen molar-refractivity contribution in [2.75, 3.05) is 0 Å². The molecule has 4 aromatic rings. The lowest BCUT2D eigenvalue weighted by atomic mass is 10.2. The molecule has 2 aromatic carbocycles. The molecule has 0 spiro atoms. The fourth-order valence-corrected chi connectivity index (χ4v) is 4.27. The van der Waals surface area contributed by atoms with Crippen LogP contribution in [-0.4, -0.2) is 15.1 Å². The molecule has 0 N–H and O–H groups in total. The van der Waals surface area contributed by atoms with Gasteiger partial charge in [-0.15, -0.1) is 11.3 Å². The Bertz CT molecular complexity index is 983. The normalized spacial score (nSPS) is 11.0. The van der Waals surface area contributed by atoms with Crippen LogP contribution in [0, 0.1) is 0 Å². The van der Waals surface area contributed by atoms with Crippen LogP contribution in [0.15, 0.2) is 68.8 Å². The first-order valence-corrected chi connectivity index (χ1v) is 10.2. The highest BCUT2D eigenvalue weighted by atomic mass is 35.5. The lowest BCUT2D eigenvalue weighted by molar-refractivity contribution is 0.385.